The van der Waals surface area contributed by atoms with Gasteiger partial charge in [0.25, 0.3) is 0 Å². The molecule has 0 heterocycles. The molecule has 0 atom stereocenters. The second-order valence-electron chi connectivity index (χ2n) is 1.56. The van der Waals surface area contributed by atoms with Crippen LogP contribution in [0.1, 0.15) is 0 Å². The van der Waals surface area contributed by atoms with Crippen LogP contribution in [-0.2, 0) is 0 Å². The molecule has 0 aliphatic rings. The van der Waals surface area contributed by atoms with Gasteiger partial charge >= 0.3 is 0 Å². The number of azide groups is 1. The van der Waals surface area contributed by atoms with Gasteiger partial charge in [-0.1, -0.05) is 11.7 Å². The van der Waals surface area contributed by atoms with E-state index in [9.17, 15) is 4.39 Å². The molecule has 0 unspecified atom stereocenters. The predicted octanol–water partition coefficient (Wildman–Crippen LogP) is 1.67. The number of alkyl halides is 1. The molecule has 4 nitrogen and oxygen atoms in total. The average molecular weight is 144 g/mol. The van der Waals surface area contributed by atoms with E-state index in [-0.39, 0.29) is 13.2 Å². The smallest absolute Gasteiger partial charge is 0.107 e. The summed E-state index contributed by atoms with van der Waals surface area (Å²) in [6.07, 6.45) is 1.44. The molecule has 0 saturated carbocycles. The first-order valence-corrected chi connectivity index (χ1v) is 2.78. The van der Waals surface area contributed by atoms with Crippen LogP contribution in [0.25, 0.3) is 10.4 Å². The Kier molecular flexibility index (Phi) is 5.19. The third-order valence-electron chi connectivity index (χ3n) is 0.938. The molecular weight excluding hydrogens is 135 g/mol. The van der Waals surface area contributed by atoms with E-state index in [4.69, 9.17) is 5.53 Å². The second-order valence-corrected chi connectivity index (χ2v) is 1.56. The summed E-state index contributed by atoms with van der Waals surface area (Å²) in [4.78, 5) is 4.00. The first-order valence-electron chi connectivity index (χ1n) is 2.78. The molecule has 0 fully saturated rings. The molecule has 0 aromatic heterocycles. The maximum absolute atomic E-state index is 11.6. The summed E-state index contributed by atoms with van der Waals surface area (Å²) >= 11 is 0. The zero-order valence-corrected chi connectivity index (χ0v) is 5.57. The third kappa shape index (κ3) is 3.74. The molecule has 0 N–H and O–H groups in total. The highest BCUT2D eigenvalue weighted by molar-refractivity contribution is 4.69. The third-order valence-corrected chi connectivity index (χ3v) is 0.938. The molecule has 0 amide bonds. The van der Waals surface area contributed by atoms with Crippen LogP contribution in [0.15, 0.2) is 17.9 Å². The zero-order valence-electron chi connectivity index (χ0n) is 5.57. The summed E-state index contributed by atoms with van der Waals surface area (Å²) in [5.74, 6) is 0. The van der Waals surface area contributed by atoms with Crippen LogP contribution < -0.4 is 0 Å². The Labute approximate surface area is 58.6 Å². The fraction of sp³-hybridized carbons (Fsp3) is 0.600. The highest BCUT2D eigenvalue weighted by atomic mass is 19.1. The Bertz CT molecular complexity index is 141. The Morgan fingerprint density at radius 3 is 2.90 bits per heavy atom. The van der Waals surface area contributed by atoms with Crippen molar-refractivity contribution in [3.8, 4) is 0 Å². The molecule has 56 valence electrons. The van der Waals surface area contributed by atoms with Crippen LogP contribution in [0.3, 0.4) is 0 Å². The molecule has 10 heavy (non-hydrogen) atoms. The van der Waals surface area contributed by atoms with Gasteiger partial charge in [0, 0.05) is 11.5 Å². The van der Waals surface area contributed by atoms with Crippen molar-refractivity contribution in [2.75, 3.05) is 19.9 Å². The minimum Gasteiger partial charge on any atom is -0.369 e. The molecule has 0 bridgehead atoms. The Morgan fingerprint density at radius 2 is 2.50 bits per heavy atom. The number of hydrogen-bond donors (Lipinski definition) is 0. The van der Waals surface area contributed by atoms with Crippen molar-refractivity contribution in [3.63, 3.8) is 0 Å². The van der Waals surface area contributed by atoms with Crippen LogP contribution in [0.4, 0.5) is 4.39 Å². The molecule has 0 saturated heterocycles. The number of nitrogens with zero attached hydrogens (tertiary/aromatic N) is 4. The van der Waals surface area contributed by atoms with Gasteiger partial charge < -0.3 is 4.90 Å². The lowest BCUT2D eigenvalue weighted by Crippen LogP contribution is -2.18. The van der Waals surface area contributed by atoms with Crippen LogP contribution >= 0.6 is 0 Å². The van der Waals surface area contributed by atoms with E-state index in [1.54, 1.807) is 0 Å². The van der Waals surface area contributed by atoms with Gasteiger partial charge in [0.15, 0.2) is 0 Å². The Balaban J connectivity index is 3.58. The van der Waals surface area contributed by atoms with Gasteiger partial charge in [-0.15, -0.1) is 0 Å². The topological polar surface area (TPSA) is 52.0 Å². The van der Waals surface area contributed by atoms with Crippen molar-refractivity contribution >= 4 is 0 Å². The molecule has 0 rings (SSSR count). The van der Waals surface area contributed by atoms with E-state index < -0.39 is 6.67 Å². The fourth-order valence-electron chi connectivity index (χ4n) is 0.438. The van der Waals surface area contributed by atoms with E-state index >= 15 is 0 Å². The maximum atomic E-state index is 11.6. The van der Waals surface area contributed by atoms with Crippen molar-refractivity contribution in [3.05, 3.63) is 23.2 Å². The molecule has 5 heteroatoms. The molecular formula is C5H9FN4. The lowest BCUT2D eigenvalue weighted by Gasteiger charge is -2.13. The van der Waals surface area contributed by atoms with Crippen molar-refractivity contribution < 1.29 is 4.39 Å². The second kappa shape index (κ2) is 5.91. The Morgan fingerprint density at radius 1 is 1.80 bits per heavy atom. The van der Waals surface area contributed by atoms with Gasteiger partial charge in [-0.2, -0.15) is 0 Å². The molecule has 0 aromatic rings. The minimum atomic E-state index is -0.465. The number of rotatable bonds is 5. The predicted molar refractivity (Wildman–Crippen MR) is 36.9 cm³/mol. The lowest BCUT2D eigenvalue weighted by molar-refractivity contribution is 0.333. The SMILES string of the molecule is C=CN(CCF)CN=[N+]=[N-]. The summed E-state index contributed by atoms with van der Waals surface area (Å²) in [5.41, 5.74) is 7.88. The van der Waals surface area contributed by atoms with Gasteiger partial charge in [-0.05, 0) is 11.7 Å². The Hall–Kier alpha value is -1.22. The van der Waals surface area contributed by atoms with Gasteiger partial charge in [0.05, 0.1) is 6.67 Å². The summed E-state index contributed by atoms with van der Waals surface area (Å²) in [7, 11) is 0. The van der Waals surface area contributed by atoms with E-state index in [0.29, 0.717) is 0 Å². The maximum Gasteiger partial charge on any atom is 0.107 e. The number of hydrogen-bond acceptors (Lipinski definition) is 2. The molecule has 0 aromatic carbocycles. The standard InChI is InChI=1S/C5H9FN4/c1-2-10(4-3-6)5-8-9-7/h2H,1,3-5H2. The average Bonchev–Trinajstić information content (AvgIpc) is 1.98. The lowest BCUT2D eigenvalue weighted by atomic mass is 10.6. The van der Waals surface area contributed by atoms with Gasteiger partial charge in [-0.3, -0.25) is 0 Å². The highest BCUT2D eigenvalue weighted by Crippen LogP contribution is 1.88. The monoisotopic (exact) mass is 144 g/mol. The highest BCUT2D eigenvalue weighted by Gasteiger charge is 1.92. The van der Waals surface area contributed by atoms with Crippen molar-refractivity contribution in [2.45, 2.75) is 0 Å². The van der Waals surface area contributed by atoms with Gasteiger partial charge in [-0.25, -0.2) is 4.39 Å². The van der Waals surface area contributed by atoms with Gasteiger partial charge in [0.1, 0.15) is 6.67 Å². The van der Waals surface area contributed by atoms with Crippen molar-refractivity contribution in [2.24, 2.45) is 5.11 Å². The fourth-order valence-corrected chi connectivity index (χ4v) is 0.438. The molecule has 0 aliphatic heterocycles. The largest absolute Gasteiger partial charge is 0.369 e. The summed E-state index contributed by atoms with van der Waals surface area (Å²) < 4.78 is 11.6. The van der Waals surface area contributed by atoms with Crippen LogP contribution in [0.5, 0.6) is 0 Å². The van der Waals surface area contributed by atoms with Crippen LogP contribution in [0, 0.1) is 0 Å². The zero-order chi connectivity index (χ0) is 7.82. The molecule has 0 spiro atoms. The summed E-state index contributed by atoms with van der Waals surface area (Å²) in [6, 6.07) is 0. The van der Waals surface area contributed by atoms with Crippen molar-refractivity contribution in [1.29, 1.82) is 0 Å². The quantitative estimate of drug-likeness (QED) is 0.329. The summed E-state index contributed by atoms with van der Waals surface area (Å²) in [6.45, 7) is 3.31. The molecule has 0 aliphatic carbocycles. The van der Waals surface area contributed by atoms with Crippen LogP contribution in [-0.4, -0.2) is 24.8 Å². The van der Waals surface area contributed by atoms with Crippen LogP contribution in [0.2, 0.25) is 0 Å². The number of halogens is 1. The first-order chi connectivity index (χ1) is 4.85. The van der Waals surface area contributed by atoms with E-state index in [2.05, 4.69) is 16.6 Å². The molecule has 0 radical (unpaired) electrons. The van der Waals surface area contributed by atoms with E-state index in [1.807, 2.05) is 0 Å². The summed E-state index contributed by atoms with van der Waals surface area (Å²) in [5, 5.41) is 3.23. The van der Waals surface area contributed by atoms with Gasteiger partial charge in [0.2, 0.25) is 0 Å². The normalized spacial score (nSPS) is 8.10. The first kappa shape index (κ1) is 8.78. The van der Waals surface area contributed by atoms with Crippen molar-refractivity contribution in [1.82, 2.24) is 4.90 Å². The minimum absolute atomic E-state index is 0.143. The van der Waals surface area contributed by atoms with E-state index in [0.717, 1.165) is 0 Å². The van der Waals surface area contributed by atoms with E-state index in [1.165, 1.54) is 11.1 Å².